The van der Waals surface area contributed by atoms with Crippen molar-refractivity contribution in [2.45, 2.75) is 18.4 Å². The van der Waals surface area contributed by atoms with Crippen molar-refractivity contribution >= 4 is 15.9 Å². The third-order valence-corrected chi connectivity index (χ3v) is 1.48. The molecule has 0 unspecified atom stereocenters. The van der Waals surface area contributed by atoms with Crippen LogP contribution in [0.15, 0.2) is 11.1 Å². The molecule has 0 spiro atoms. The quantitative estimate of drug-likeness (QED) is 0.705. The minimum absolute atomic E-state index is 1.62. The lowest BCUT2D eigenvalue weighted by Crippen LogP contribution is -2.47. The monoisotopic (exact) mass is 290 g/mol. The summed E-state index contributed by atoms with van der Waals surface area (Å²) in [6.45, 7) is 2.37. The molecule has 0 aromatic rings. The Morgan fingerprint density at radius 1 is 1.00 bits per heavy atom. The van der Waals surface area contributed by atoms with Crippen molar-refractivity contribution in [3.8, 4) is 0 Å². The fourth-order valence-electron chi connectivity index (χ4n) is 0.426. The van der Waals surface area contributed by atoms with Crippen LogP contribution in [0.1, 0.15) is 0 Å². The lowest BCUT2D eigenvalue weighted by Gasteiger charge is -2.27. The van der Waals surface area contributed by atoms with Gasteiger partial charge < -0.3 is 0 Å². The van der Waals surface area contributed by atoms with Gasteiger partial charge in [0.2, 0.25) is 0 Å². The molecule has 0 fully saturated rings. The van der Waals surface area contributed by atoms with E-state index in [1.165, 1.54) is 0 Å². The van der Waals surface area contributed by atoms with Crippen LogP contribution in [-0.2, 0) is 4.74 Å². The molecule has 0 aromatic heterocycles. The van der Waals surface area contributed by atoms with Gasteiger partial charge in [-0.05, 0) is 15.9 Å². The molecule has 0 heterocycles. The van der Waals surface area contributed by atoms with Gasteiger partial charge in [0.15, 0.2) is 0 Å². The van der Waals surface area contributed by atoms with E-state index in [0.29, 0.717) is 0 Å². The minimum atomic E-state index is -5.87. The summed E-state index contributed by atoms with van der Waals surface area (Å²) < 4.78 is 83.0. The second-order valence-electron chi connectivity index (χ2n) is 2.05. The van der Waals surface area contributed by atoms with Gasteiger partial charge in [-0.25, -0.2) is 4.74 Å². The molecular formula is C5H2BrF7O. The Hall–Kier alpha value is -0.310. The van der Waals surface area contributed by atoms with E-state index in [4.69, 9.17) is 0 Å². The summed E-state index contributed by atoms with van der Waals surface area (Å²) in [5.41, 5.74) is 0. The van der Waals surface area contributed by atoms with Crippen LogP contribution in [-0.4, -0.2) is 18.4 Å². The largest absolute Gasteiger partial charge is 0.525 e. The number of hydrogen-bond donors (Lipinski definition) is 0. The van der Waals surface area contributed by atoms with Gasteiger partial charge in [0, 0.05) is 0 Å². The minimum Gasteiger partial charge on any atom is -0.241 e. The molecule has 14 heavy (non-hydrogen) atoms. The molecule has 0 saturated carbocycles. The van der Waals surface area contributed by atoms with Crippen molar-refractivity contribution in [3.05, 3.63) is 11.1 Å². The highest BCUT2D eigenvalue weighted by Gasteiger charge is 2.64. The Morgan fingerprint density at radius 2 is 1.36 bits per heavy atom. The van der Waals surface area contributed by atoms with Gasteiger partial charge in [-0.15, -0.1) is 13.2 Å². The zero-order chi connectivity index (χ0) is 11.8. The molecule has 0 rings (SSSR count). The van der Waals surface area contributed by atoms with Gasteiger partial charge in [0.1, 0.15) is 0 Å². The molecule has 84 valence electrons. The number of ether oxygens (including phenoxy) is 1. The highest BCUT2D eigenvalue weighted by molar-refractivity contribution is 9.11. The van der Waals surface area contributed by atoms with Crippen molar-refractivity contribution < 1.29 is 35.5 Å². The Bertz CT molecular complexity index is 231. The number of alkyl halides is 7. The van der Waals surface area contributed by atoms with E-state index in [0.717, 1.165) is 0 Å². The molecule has 1 nitrogen and oxygen atoms in total. The number of halogens is 8. The van der Waals surface area contributed by atoms with Gasteiger partial charge in [-0.3, -0.25) is 0 Å². The van der Waals surface area contributed by atoms with E-state index in [1.807, 2.05) is 15.9 Å². The smallest absolute Gasteiger partial charge is 0.241 e. The summed E-state index contributed by atoms with van der Waals surface area (Å²) in [7, 11) is 0. The number of rotatable bonds is 2. The second-order valence-corrected chi connectivity index (χ2v) is 3.00. The van der Waals surface area contributed by atoms with Crippen LogP contribution < -0.4 is 0 Å². The first-order valence-electron chi connectivity index (χ1n) is 2.77. The summed E-state index contributed by atoms with van der Waals surface area (Å²) in [6.07, 6.45) is -11.6. The molecule has 0 aliphatic heterocycles. The third kappa shape index (κ3) is 3.12. The molecule has 1 atom stereocenters. The van der Waals surface area contributed by atoms with E-state index in [1.54, 1.807) is 0 Å². The van der Waals surface area contributed by atoms with E-state index in [9.17, 15) is 30.7 Å². The maximum Gasteiger partial charge on any atom is 0.525 e. The van der Waals surface area contributed by atoms with Gasteiger partial charge >= 0.3 is 18.4 Å². The maximum atomic E-state index is 12.7. The SMILES string of the molecule is C=C(Br)[C@@](F)(OC(F)(F)F)C(F)(F)F. The van der Waals surface area contributed by atoms with Crippen molar-refractivity contribution in [1.82, 2.24) is 0 Å². The average molecular weight is 291 g/mol. The topological polar surface area (TPSA) is 9.23 Å². The number of hydrogen-bond acceptors (Lipinski definition) is 1. The van der Waals surface area contributed by atoms with Crippen molar-refractivity contribution in [2.24, 2.45) is 0 Å². The first kappa shape index (κ1) is 13.7. The Morgan fingerprint density at radius 3 is 1.43 bits per heavy atom. The first-order valence-corrected chi connectivity index (χ1v) is 3.57. The normalized spacial score (nSPS) is 17.7. The van der Waals surface area contributed by atoms with Crippen LogP contribution in [0.25, 0.3) is 0 Å². The lowest BCUT2D eigenvalue weighted by molar-refractivity contribution is -0.433. The van der Waals surface area contributed by atoms with Gasteiger partial charge in [-0.2, -0.15) is 17.6 Å². The molecule has 0 aliphatic rings. The molecule has 0 aliphatic carbocycles. The Labute approximate surface area is 81.6 Å². The predicted molar refractivity (Wildman–Crippen MR) is 35.1 cm³/mol. The van der Waals surface area contributed by atoms with Crippen molar-refractivity contribution in [1.29, 1.82) is 0 Å². The highest BCUT2D eigenvalue weighted by Crippen LogP contribution is 2.45. The van der Waals surface area contributed by atoms with Crippen molar-refractivity contribution in [2.75, 3.05) is 0 Å². The Kier molecular flexibility index (Phi) is 3.60. The lowest BCUT2D eigenvalue weighted by atomic mass is 10.3. The van der Waals surface area contributed by atoms with E-state index >= 15 is 0 Å². The summed E-state index contributed by atoms with van der Waals surface area (Å²) in [6, 6.07) is 0. The molecule has 0 amide bonds. The molecule has 0 saturated heterocycles. The second kappa shape index (κ2) is 3.69. The highest BCUT2D eigenvalue weighted by atomic mass is 79.9. The van der Waals surface area contributed by atoms with Crippen LogP contribution >= 0.6 is 15.9 Å². The average Bonchev–Trinajstić information content (AvgIpc) is 1.79. The summed E-state index contributed by atoms with van der Waals surface area (Å²) >= 11 is 1.87. The first-order chi connectivity index (χ1) is 5.90. The van der Waals surface area contributed by atoms with Gasteiger partial charge in [-0.1, -0.05) is 6.58 Å². The molecule has 0 bridgehead atoms. The standard InChI is InChI=1S/C5H2BrF7O/c1-2(6)3(7,4(8,9)10)14-5(11,12)13/h1H2/t3-/m1/s1. The molecular weight excluding hydrogens is 289 g/mol. The van der Waals surface area contributed by atoms with Gasteiger partial charge in [0.05, 0.1) is 4.48 Å². The fourth-order valence-corrected chi connectivity index (χ4v) is 0.732. The van der Waals surface area contributed by atoms with Crippen LogP contribution in [0, 0.1) is 0 Å². The maximum absolute atomic E-state index is 12.7. The Balaban J connectivity index is 5.04. The molecule has 0 radical (unpaired) electrons. The van der Waals surface area contributed by atoms with Crippen LogP contribution in [0.4, 0.5) is 30.7 Å². The summed E-state index contributed by atoms with van der Waals surface area (Å²) in [4.78, 5) is 0. The molecule has 9 heteroatoms. The van der Waals surface area contributed by atoms with Crippen molar-refractivity contribution in [3.63, 3.8) is 0 Å². The van der Waals surface area contributed by atoms with Gasteiger partial charge in [0.25, 0.3) is 0 Å². The fraction of sp³-hybridized carbons (Fsp3) is 0.600. The molecule has 0 N–H and O–H groups in total. The van der Waals surface area contributed by atoms with Crippen LogP contribution in [0.5, 0.6) is 0 Å². The molecule has 0 aromatic carbocycles. The summed E-state index contributed by atoms with van der Waals surface area (Å²) in [5, 5.41) is 0. The van der Waals surface area contributed by atoms with Crippen LogP contribution in [0.3, 0.4) is 0 Å². The zero-order valence-electron chi connectivity index (χ0n) is 6.14. The third-order valence-electron chi connectivity index (χ3n) is 0.970. The van der Waals surface area contributed by atoms with E-state index in [2.05, 4.69) is 11.3 Å². The summed E-state index contributed by atoms with van der Waals surface area (Å²) in [5.74, 6) is -4.98. The zero-order valence-corrected chi connectivity index (χ0v) is 7.73. The van der Waals surface area contributed by atoms with E-state index in [-0.39, 0.29) is 0 Å². The van der Waals surface area contributed by atoms with E-state index < -0.39 is 22.9 Å². The predicted octanol–water partition coefficient (Wildman–Crippen LogP) is 3.66. The van der Waals surface area contributed by atoms with Crippen LogP contribution in [0.2, 0.25) is 0 Å².